The molecule has 0 saturated carbocycles. The van der Waals surface area contributed by atoms with E-state index in [0.717, 1.165) is 0 Å². The minimum absolute atomic E-state index is 0.135. The van der Waals surface area contributed by atoms with E-state index < -0.39 is 11.3 Å². The minimum atomic E-state index is -0.598. The molecule has 0 radical (unpaired) electrons. The number of fused-ring (bicyclic) bond motifs is 3. The maximum Gasteiger partial charge on any atom is 0.347 e. The fraction of sp³-hybridized carbons (Fsp3) is 0.0625. The number of rotatable bonds is 1. The summed E-state index contributed by atoms with van der Waals surface area (Å²) in [5.41, 5.74) is 0.160. The van der Waals surface area contributed by atoms with Crippen molar-refractivity contribution < 1.29 is 13.4 Å². The molecule has 0 spiro atoms. The van der Waals surface area contributed by atoms with E-state index in [9.17, 15) is 9.59 Å². The Morgan fingerprint density at radius 3 is 2.55 bits per heavy atom. The van der Waals surface area contributed by atoms with Crippen molar-refractivity contribution in [3.8, 4) is 11.3 Å². The molecular formula is C16H9NO5. The van der Waals surface area contributed by atoms with Gasteiger partial charge in [0, 0.05) is 6.07 Å². The van der Waals surface area contributed by atoms with Crippen LogP contribution in [0.25, 0.3) is 33.3 Å². The molecule has 3 heterocycles. The lowest BCUT2D eigenvalue weighted by atomic mass is 10.1. The van der Waals surface area contributed by atoms with Gasteiger partial charge in [-0.2, -0.15) is 0 Å². The maximum atomic E-state index is 12.2. The molecule has 0 amide bonds. The summed E-state index contributed by atoms with van der Waals surface area (Å²) in [5, 5.41) is 4.48. The molecule has 22 heavy (non-hydrogen) atoms. The Morgan fingerprint density at radius 2 is 1.77 bits per heavy atom. The van der Waals surface area contributed by atoms with E-state index in [1.165, 1.54) is 6.07 Å². The van der Waals surface area contributed by atoms with E-state index in [-0.39, 0.29) is 22.3 Å². The van der Waals surface area contributed by atoms with Crippen molar-refractivity contribution in [1.82, 2.24) is 5.16 Å². The molecule has 4 rings (SSSR count). The Hall–Kier alpha value is -3.15. The quantitative estimate of drug-likeness (QED) is 0.396. The summed E-state index contributed by atoms with van der Waals surface area (Å²) >= 11 is 0. The van der Waals surface area contributed by atoms with Gasteiger partial charge in [-0.1, -0.05) is 17.3 Å². The molecule has 0 fully saturated rings. The summed E-state index contributed by atoms with van der Waals surface area (Å²) in [7, 11) is 0. The molecule has 0 N–H and O–H groups in total. The molecule has 6 nitrogen and oxygen atoms in total. The highest BCUT2D eigenvalue weighted by Crippen LogP contribution is 2.25. The Balaban J connectivity index is 2.15. The molecule has 108 valence electrons. The topological polar surface area (TPSA) is 86.5 Å². The largest absolute Gasteiger partial charge is 0.422 e. The third-order valence-electron chi connectivity index (χ3n) is 3.40. The van der Waals surface area contributed by atoms with Crippen LogP contribution in [0.4, 0.5) is 0 Å². The highest BCUT2D eigenvalue weighted by molar-refractivity contribution is 6.00. The van der Waals surface area contributed by atoms with E-state index in [4.69, 9.17) is 13.4 Å². The van der Waals surface area contributed by atoms with Gasteiger partial charge in [-0.3, -0.25) is 0 Å². The monoisotopic (exact) mass is 295 g/mol. The van der Waals surface area contributed by atoms with Crippen LogP contribution in [0.15, 0.2) is 59.3 Å². The predicted octanol–water partition coefficient (Wildman–Crippen LogP) is 2.86. The average molecular weight is 295 g/mol. The second-order valence-corrected chi connectivity index (χ2v) is 4.91. The standard InChI is InChI=1S/C16H9NO5/c1-8-6-13(22-17-8)10-7-11-14(21-15(10)18)9-4-2-3-5-12(9)20-16(11)19/h2-7H,1H3. The molecule has 0 aliphatic heterocycles. The molecular weight excluding hydrogens is 286 g/mol. The molecule has 0 bridgehead atoms. The Labute approximate surface area is 122 Å². The normalized spacial score (nSPS) is 11.3. The first kappa shape index (κ1) is 12.6. The lowest BCUT2D eigenvalue weighted by molar-refractivity contribution is 0.424. The van der Waals surface area contributed by atoms with Gasteiger partial charge >= 0.3 is 11.3 Å². The van der Waals surface area contributed by atoms with Crippen molar-refractivity contribution in [2.45, 2.75) is 6.92 Å². The van der Waals surface area contributed by atoms with E-state index >= 15 is 0 Å². The minimum Gasteiger partial charge on any atom is -0.422 e. The fourth-order valence-corrected chi connectivity index (χ4v) is 2.38. The van der Waals surface area contributed by atoms with Crippen molar-refractivity contribution in [3.63, 3.8) is 0 Å². The van der Waals surface area contributed by atoms with Crippen LogP contribution in [0.1, 0.15) is 5.69 Å². The number of aromatic nitrogens is 1. The molecule has 3 aromatic heterocycles. The smallest absolute Gasteiger partial charge is 0.347 e. The van der Waals surface area contributed by atoms with Gasteiger partial charge in [0.15, 0.2) is 11.3 Å². The zero-order valence-electron chi connectivity index (χ0n) is 11.5. The van der Waals surface area contributed by atoms with E-state index in [2.05, 4.69) is 5.16 Å². The highest BCUT2D eigenvalue weighted by Gasteiger charge is 2.16. The number of aryl methyl sites for hydroxylation is 1. The summed E-state index contributed by atoms with van der Waals surface area (Å²) in [6, 6.07) is 9.89. The van der Waals surface area contributed by atoms with E-state index in [1.54, 1.807) is 37.3 Å². The van der Waals surface area contributed by atoms with Gasteiger partial charge < -0.3 is 13.4 Å². The lowest BCUT2D eigenvalue weighted by Crippen LogP contribution is -2.07. The Morgan fingerprint density at radius 1 is 0.955 bits per heavy atom. The average Bonchev–Trinajstić information content (AvgIpc) is 2.93. The van der Waals surface area contributed by atoms with Crippen LogP contribution in [-0.4, -0.2) is 5.16 Å². The third-order valence-corrected chi connectivity index (χ3v) is 3.40. The van der Waals surface area contributed by atoms with Gasteiger partial charge in [0.05, 0.1) is 11.1 Å². The molecule has 0 saturated heterocycles. The second-order valence-electron chi connectivity index (χ2n) is 4.91. The summed E-state index contributed by atoms with van der Waals surface area (Å²) in [4.78, 5) is 24.3. The van der Waals surface area contributed by atoms with Crippen LogP contribution in [0.3, 0.4) is 0 Å². The van der Waals surface area contributed by atoms with Gasteiger partial charge in [0.1, 0.15) is 16.5 Å². The summed E-state index contributed by atoms with van der Waals surface area (Å²) in [5.74, 6) is 0.251. The number of hydrogen-bond donors (Lipinski definition) is 0. The second kappa shape index (κ2) is 4.42. The number of para-hydroxylation sites is 1. The van der Waals surface area contributed by atoms with Gasteiger partial charge in [-0.25, -0.2) is 9.59 Å². The number of benzene rings is 1. The molecule has 0 aliphatic rings. The van der Waals surface area contributed by atoms with Gasteiger partial charge in [0.25, 0.3) is 0 Å². The van der Waals surface area contributed by atoms with Crippen LogP contribution in [0, 0.1) is 6.92 Å². The third kappa shape index (κ3) is 1.77. The Kier molecular flexibility index (Phi) is 2.53. The van der Waals surface area contributed by atoms with Gasteiger partial charge in [0.2, 0.25) is 0 Å². The zero-order valence-corrected chi connectivity index (χ0v) is 11.5. The summed E-state index contributed by atoms with van der Waals surface area (Å²) in [6.07, 6.45) is 0. The van der Waals surface area contributed by atoms with E-state index in [0.29, 0.717) is 16.7 Å². The van der Waals surface area contributed by atoms with Crippen molar-refractivity contribution >= 4 is 21.9 Å². The van der Waals surface area contributed by atoms with Crippen LogP contribution in [-0.2, 0) is 0 Å². The van der Waals surface area contributed by atoms with Gasteiger partial charge in [-0.05, 0) is 25.1 Å². The first-order chi connectivity index (χ1) is 10.6. The zero-order chi connectivity index (χ0) is 15.3. The predicted molar refractivity (Wildman–Crippen MR) is 78.8 cm³/mol. The number of hydrogen-bond acceptors (Lipinski definition) is 6. The molecule has 1 aromatic carbocycles. The van der Waals surface area contributed by atoms with Crippen molar-refractivity contribution in [2.75, 3.05) is 0 Å². The maximum absolute atomic E-state index is 12.2. The van der Waals surface area contributed by atoms with Crippen LogP contribution in [0.2, 0.25) is 0 Å². The summed E-state index contributed by atoms with van der Waals surface area (Å²) in [6.45, 7) is 1.73. The van der Waals surface area contributed by atoms with Crippen LogP contribution >= 0.6 is 0 Å². The molecule has 4 aromatic rings. The van der Waals surface area contributed by atoms with Crippen molar-refractivity contribution in [2.24, 2.45) is 0 Å². The van der Waals surface area contributed by atoms with Gasteiger partial charge in [-0.15, -0.1) is 0 Å². The van der Waals surface area contributed by atoms with Crippen molar-refractivity contribution in [3.05, 3.63) is 62.9 Å². The number of nitrogens with zero attached hydrogens (tertiary/aromatic N) is 1. The van der Waals surface area contributed by atoms with Crippen LogP contribution < -0.4 is 11.3 Å². The fourth-order valence-electron chi connectivity index (χ4n) is 2.38. The molecule has 0 aliphatic carbocycles. The lowest BCUT2D eigenvalue weighted by Gasteiger charge is -2.02. The van der Waals surface area contributed by atoms with Crippen LogP contribution in [0.5, 0.6) is 0 Å². The SMILES string of the molecule is Cc1cc(-c2cc3c(=O)oc4ccccc4c3oc2=O)on1. The first-order valence-electron chi connectivity index (χ1n) is 6.57. The highest BCUT2D eigenvalue weighted by atomic mass is 16.5. The Bertz CT molecular complexity index is 1130. The van der Waals surface area contributed by atoms with E-state index in [1.807, 2.05) is 0 Å². The first-order valence-corrected chi connectivity index (χ1v) is 6.57. The summed E-state index contributed by atoms with van der Waals surface area (Å²) < 4.78 is 15.7. The molecule has 6 heteroatoms. The molecule has 0 unspecified atom stereocenters. The molecule has 0 atom stereocenters. The van der Waals surface area contributed by atoms with Crippen molar-refractivity contribution in [1.29, 1.82) is 0 Å².